The number of carbonyl (C=O) groups is 2. The van der Waals surface area contributed by atoms with Gasteiger partial charge in [0, 0.05) is 19.1 Å². The molecular weight excluding hydrogens is 256 g/mol. The van der Waals surface area contributed by atoms with E-state index in [0.29, 0.717) is 6.54 Å². The van der Waals surface area contributed by atoms with E-state index in [9.17, 15) is 14.7 Å². The smallest absolute Gasteiger partial charge is 0.317 e. The first-order valence-electron chi connectivity index (χ1n) is 7.74. The summed E-state index contributed by atoms with van der Waals surface area (Å²) in [5.74, 6) is -0.957. The van der Waals surface area contributed by atoms with E-state index < -0.39 is 5.97 Å². The fourth-order valence-corrected chi connectivity index (χ4v) is 2.93. The van der Waals surface area contributed by atoms with Crippen molar-refractivity contribution in [1.82, 2.24) is 10.2 Å². The van der Waals surface area contributed by atoms with Crippen molar-refractivity contribution >= 4 is 12.0 Å². The summed E-state index contributed by atoms with van der Waals surface area (Å²) in [7, 11) is 0. The Hall–Kier alpha value is -1.26. The lowest BCUT2D eigenvalue weighted by Gasteiger charge is -2.31. The van der Waals surface area contributed by atoms with Crippen LogP contribution < -0.4 is 5.32 Å². The molecule has 1 aliphatic rings. The summed E-state index contributed by atoms with van der Waals surface area (Å²) in [4.78, 5) is 25.2. The molecule has 116 valence electrons. The molecule has 1 rings (SSSR count). The summed E-state index contributed by atoms with van der Waals surface area (Å²) in [6.07, 6.45) is 4.60. The average molecular weight is 284 g/mol. The monoisotopic (exact) mass is 284 g/mol. The Morgan fingerprint density at radius 1 is 1.30 bits per heavy atom. The Morgan fingerprint density at radius 2 is 1.95 bits per heavy atom. The van der Waals surface area contributed by atoms with Crippen molar-refractivity contribution in [3.05, 3.63) is 0 Å². The lowest BCUT2D eigenvalue weighted by Crippen LogP contribution is -2.47. The molecule has 2 N–H and O–H groups in total. The molecule has 0 aromatic heterocycles. The molecule has 1 aliphatic carbocycles. The molecule has 0 saturated heterocycles. The van der Waals surface area contributed by atoms with Crippen molar-refractivity contribution in [2.24, 2.45) is 11.8 Å². The van der Waals surface area contributed by atoms with Crippen molar-refractivity contribution in [2.45, 2.75) is 58.9 Å². The van der Waals surface area contributed by atoms with Crippen LogP contribution in [0.15, 0.2) is 0 Å². The van der Waals surface area contributed by atoms with Crippen molar-refractivity contribution in [1.29, 1.82) is 0 Å². The SMILES string of the molecule is CCCN(C(=O)NCC1CCCCC1C(=O)O)C(C)C. The van der Waals surface area contributed by atoms with Crippen LogP contribution in [0, 0.1) is 11.8 Å². The maximum atomic E-state index is 12.2. The normalized spacial score (nSPS) is 22.6. The number of nitrogens with zero attached hydrogens (tertiary/aromatic N) is 1. The largest absolute Gasteiger partial charge is 0.481 e. The van der Waals surface area contributed by atoms with E-state index in [1.54, 1.807) is 4.90 Å². The molecule has 0 radical (unpaired) electrons. The molecule has 0 aromatic rings. The highest BCUT2D eigenvalue weighted by molar-refractivity contribution is 5.75. The van der Waals surface area contributed by atoms with Crippen LogP contribution in [0.25, 0.3) is 0 Å². The standard InChI is InChI=1S/C15H28N2O3/c1-4-9-17(11(2)3)15(20)16-10-12-7-5-6-8-13(12)14(18)19/h11-13H,4-10H2,1-3H3,(H,16,20)(H,18,19). The predicted molar refractivity (Wildman–Crippen MR) is 78.6 cm³/mol. The molecule has 5 nitrogen and oxygen atoms in total. The zero-order valence-electron chi connectivity index (χ0n) is 12.9. The van der Waals surface area contributed by atoms with Crippen molar-refractivity contribution in [3.8, 4) is 0 Å². The summed E-state index contributed by atoms with van der Waals surface area (Å²) in [6, 6.07) is 0.0909. The van der Waals surface area contributed by atoms with Crippen LogP contribution >= 0.6 is 0 Å². The zero-order valence-corrected chi connectivity index (χ0v) is 12.9. The van der Waals surface area contributed by atoms with E-state index in [0.717, 1.165) is 38.6 Å². The molecule has 0 spiro atoms. The van der Waals surface area contributed by atoms with Gasteiger partial charge in [0.1, 0.15) is 0 Å². The first-order valence-corrected chi connectivity index (χ1v) is 7.74. The minimum Gasteiger partial charge on any atom is -0.481 e. The molecule has 2 atom stereocenters. The van der Waals surface area contributed by atoms with Crippen molar-refractivity contribution in [3.63, 3.8) is 0 Å². The fraction of sp³-hybridized carbons (Fsp3) is 0.867. The maximum Gasteiger partial charge on any atom is 0.317 e. The zero-order chi connectivity index (χ0) is 15.1. The number of rotatable bonds is 6. The number of aliphatic carboxylic acids is 1. The first kappa shape index (κ1) is 16.8. The van der Waals surface area contributed by atoms with Crippen LogP contribution in [0.2, 0.25) is 0 Å². The fourth-order valence-electron chi connectivity index (χ4n) is 2.93. The predicted octanol–water partition coefficient (Wildman–Crippen LogP) is 2.71. The first-order chi connectivity index (χ1) is 9.47. The highest BCUT2D eigenvalue weighted by Gasteiger charge is 2.31. The van der Waals surface area contributed by atoms with E-state index in [4.69, 9.17) is 0 Å². The lowest BCUT2D eigenvalue weighted by molar-refractivity contribution is -0.144. The number of urea groups is 1. The van der Waals surface area contributed by atoms with Gasteiger partial charge in [0.05, 0.1) is 5.92 Å². The number of nitrogens with one attached hydrogen (secondary N) is 1. The van der Waals surface area contributed by atoms with Crippen LogP contribution in [0.4, 0.5) is 4.79 Å². The number of carboxylic acids is 1. The third-order valence-corrected chi connectivity index (χ3v) is 4.09. The van der Waals surface area contributed by atoms with E-state index >= 15 is 0 Å². The topological polar surface area (TPSA) is 69.6 Å². The van der Waals surface area contributed by atoms with Gasteiger partial charge in [-0.1, -0.05) is 19.8 Å². The summed E-state index contributed by atoms with van der Waals surface area (Å²) >= 11 is 0. The Labute approximate surface area is 121 Å². The van der Waals surface area contributed by atoms with Gasteiger partial charge in [-0.2, -0.15) is 0 Å². The van der Waals surface area contributed by atoms with Gasteiger partial charge in [0.15, 0.2) is 0 Å². The third kappa shape index (κ3) is 4.69. The Morgan fingerprint density at radius 3 is 2.50 bits per heavy atom. The van der Waals surface area contributed by atoms with Gasteiger partial charge < -0.3 is 15.3 Å². The molecule has 0 bridgehead atoms. The van der Waals surface area contributed by atoms with E-state index in [2.05, 4.69) is 5.32 Å². The van der Waals surface area contributed by atoms with Gasteiger partial charge in [0.2, 0.25) is 0 Å². The molecular formula is C15H28N2O3. The lowest BCUT2D eigenvalue weighted by atomic mass is 9.79. The summed E-state index contributed by atoms with van der Waals surface area (Å²) in [5.41, 5.74) is 0. The van der Waals surface area contributed by atoms with Gasteiger partial charge in [-0.3, -0.25) is 4.79 Å². The van der Waals surface area contributed by atoms with Crippen molar-refractivity contribution in [2.75, 3.05) is 13.1 Å². The summed E-state index contributed by atoms with van der Waals surface area (Å²) in [6.45, 7) is 7.25. The number of amides is 2. The van der Waals surface area contributed by atoms with Crippen LogP contribution in [-0.2, 0) is 4.79 Å². The molecule has 0 heterocycles. The Bertz CT molecular complexity index is 331. The molecule has 1 fully saturated rings. The molecule has 1 saturated carbocycles. The number of hydrogen-bond acceptors (Lipinski definition) is 2. The summed E-state index contributed by atoms with van der Waals surface area (Å²) in [5, 5.41) is 12.2. The maximum absolute atomic E-state index is 12.2. The third-order valence-electron chi connectivity index (χ3n) is 4.09. The van der Waals surface area contributed by atoms with Gasteiger partial charge >= 0.3 is 12.0 Å². The minimum absolute atomic E-state index is 0.0702. The van der Waals surface area contributed by atoms with Crippen LogP contribution in [-0.4, -0.2) is 41.1 Å². The molecule has 0 aliphatic heterocycles. The van der Waals surface area contributed by atoms with Gasteiger partial charge in [-0.05, 0) is 39.0 Å². The van der Waals surface area contributed by atoms with Crippen LogP contribution in [0.3, 0.4) is 0 Å². The van der Waals surface area contributed by atoms with Crippen LogP contribution in [0.5, 0.6) is 0 Å². The molecule has 2 amide bonds. The van der Waals surface area contributed by atoms with E-state index in [1.165, 1.54) is 0 Å². The molecule has 20 heavy (non-hydrogen) atoms. The highest BCUT2D eigenvalue weighted by atomic mass is 16.4. The quantitative estimate of drug-likeness (QED) is 0.788. The highest BCUT2D eigenvalue weighted by Crippen LogP contribution is 2.29. The number of carbonyl (C=O) groups excluding carboxylic acids is 1. The van der Waals surface area contributed by atoms with E-state index in [-0.39, 0.29) is 23.9 Å². The Kier molecular flexibility index (Phi) is 6.82. The number of hydrogen-bond donors (Lipinski definition) is 2. The molecule has 2 unspecified atom stereocenters. The Balaban J connectivity index is 2.51. The second kappa shape index (κ2) is 8.12. The average Bonchev–Trinajstić information content (AvgIpc) is 2.42. The second-order valence-electron chi connectivity index (χ2n) is 5.96. The van der Waals surface area contributed by atoms with Gasteiger partial charge in [-0.25, -0.2) is 4.79 Å². The summed E-state index contributed by atoms with van der Waals surface area (Å²) < 4.78 is 0. The molecule has 0 aromatic carbocycles. The second-order valence-corrected chi connectivity index (χ2v) is 5.96. The van der Waals surface area contributed by atoms with Crippen molar-refractivity contribution < 1.29 is 14.7 Å². The van der Waals surface area contributed by atoms with Gasteiger partial charge in [-0.15, -0.1) is 0 Å². The molecule has 5 heteroatoms. The van der Waals surface area contributed by atoms with Gasteiger partial charge in [0.25, 0.3) is 0 Å². The number of carboxylic acid groups (broad SMARTS) is 1. The van der Waals surface area contributed by atoms with Crippen LogP contribution in [0.1, 0.15) is 52.9 Å². The minimum atomic E-state index is -0.724. The van der Waals surface area contributed by atoms with E-state index in [1.807, 2.05) is 20.8 Å².